The molecule has 0 fully saturated rings. The van der Waals surface area contributed by atoms with E-state index in [0.717, 1.165) is 16.7 Å². The summed E-state index contributed by atoms with van der Waals surface area (Å²) < 4.78 is 0. The third-order valence-electron chi connectivity index (χ3n) is 4.59. The van der Waals surface area contributed by atoms with E-state index in [9.17, 15) is 4.79 Å². The summed E-state index contributed by atoms with van der Waals surface area (Å²) in [6, 6.07) is 7.86. The molecule has 3 N–H and O–H groups in total. The van der Waals surface area contributed by atoms with Gasteiger partial charge in [-0.1, -0.05) is 30.3 Å². The van der Waals surface area contributed by atoms with Gasteiger partial charge in [0.05, 0.1) is 5.71 Å². The van der Waals surface area contributed by atoms with E-state index in [4.69, 9.17) is 25.3 Å². The molecule has 34 heavy (non-hydrogen) atoms. The van der Waals surface area contributed by atoms with E-state index < -0.39 is 0 Å². The largest absolute Gasteiger partial charge is 2.00 e. The van der Waals surface area contributed by atoms with Crippen LogP contribution in [-0.4, -0.2) is 60.3 Å². The summed E-state index contributed by atoms with van der Waals surface area (Å²) in [5.74, 6) is -0.0447. The Hall–Kier alpha value is -2.79. The Morgan fingerprint density at radius 2 is 1.68 bits per heavy atom. The fraction of sp³-hybridized carbons (Fsp3) is 0.318. The number of amidine groups is 2. The fourth-order valence-corrected chi connectivity index (χ4v) is 2.94. The van der Waals surface area contributed by atoms with Crippen molar-refractivity contribution in [1.82, 2.24) is 21.1 Å². The molecular formula is C22H28CuN8OS2. The van der Waals surface area contributed by atoms with Crippen LogP contribution in [0.5, 0.6) is 0 Å². The molecule has 12 heteroatoms. The number of hydrazone groups is 2. The molecule has 0 saturated carbocycles. The van der Waals surface area contributed by atoms with Crippen molar-refractivity contribution in [3.63, 3.8) is 0 Å². The average Bonchev–Trinajstić information content (AvgIpc) is 2.83. The maximum Gasteiger partial charge on any atom is 2.00 e. The van der Waals surface area contributed by atoms with E-state index in [-0.39, 0.29) is 33.3 Å². The third-order valence-corrected chi connectivity index (χ3v) is 5.14. The fourth-order valence-electron chi connectivity index (χ4n) is 2.84. The molecule has 0 bridgehead atoms. The first-order valence-corrected chi connectivity index (χ1v) is 11.0. The molecular weight excluding hydrogens is 520 g/mol. The average molecular weight is 549 g/mol. The van der Waals surface area contributed by atoms with Crippen molar-refractivity contribution in [2.24, 2.45) is 20.2 Å². The second-order valence-electron chi connectivity index (χ2n) is 7.05. The van der Waals surface area contributed by atoms with Crippen LogP contribution in [0.2, 0.25) is 0 Å². The zero-order valence-electron chi connectivity index (χ0n) is 19.4. The van der Waals surface area contributed by atoms with Crippen molar-refractivity contribution in [3.8, 4) is 0 Å². The van der Waals surface area contributed by atoms with Gasteiger partial charge < -0.3 is 35.5 Å². The standard InChI is InChI=1S/C22H30N8OS2.Cu/c1-15(26-28-21(32)23-2)19(27-29-22(33)24-3)17-9-7-16(8-10-17)11-12-25-20(31)18-6-5-13-30(4)14-18;/h5,7-10,13-14H,6,11-12H2,1-4H3,(H,25,31)(H2,23,28,32)(H2,24,29,33);/q;+2/p-2/b26-15+,27-19+;/i;1+0. The molecule has 0 spiro atoms. The predicted octanol–water partition coefficient (Wildman–Crippen LogP) is 1.40. The number of benzene rings is 1. The smallest absolute Gasteiger partial charge is 0.741 e. The van der Waals surface area contributed by atoms with Crippen molar-refractivity contribution in [3.05, 3.63) is 59.4 Å². The van der Waals surface area contributed by atoms with Crippen LogP contribution in [0, 0.1) is 0 Å². The normalized spacial score (nSPS) is 14.8. The van der Waals surface area contributed by atoms with Crippen molar-refractivity contribution < 1.29 is 21.9 Å². The Labute approximate surface area is 222 Å². The minimum Gasteiger partial charge on any atom is -0.741 e. The topological polar surface area (TPSA) is 106 Å². The number of hydrogen-bond acceptors (Lipinski definition) is 8. The number of allylic oxidation sites excluding steroid dienone is 1. The summed E-state index contributed by atoms with van der Waals surface area (Å²) >= 11 is 10.1. The van der Waals surface area contributed by atoms with Crippen molar-refractivity contribution in [2.75, 3.05) is 27.7 Å². The Morgan fingerprint density at radius 3 is 2.26 bits per heavy atom. The molecule has 0 aliphatic carbocycles. The third kappa shape index (κ3) is 9.60. The number of nitrogens with zero attached hydrogens (tertiary/aromatic N) is 5. The number of hydrogen-bond donors (Lipinski definition) is 3. The zero-order chi connectivity index (χ0) is 24.2. The van der Waals surface area contributed by atoms with Gasteiger partial charge in [0.25, 0.3) is 0 Å². The molecule has 0 saturated heterocycles. The number of rotatable bonds is 8. The molecule has 185 valence electrons. The number of amides is 1. The second kappa shape index (κ2) is 15.2. The summed E-state index contributed by atoms with van der Waals surface area (Å²) in [5.41, 5.74) is 9.27. The van der Waals surface area contributed by atoms with E-state index in [1.807, 2.05) is 54.7 Å². The molecule has 1 aromatic rings. The predicted molar refractivity (Wildman–Crippen MR) is 140 cm³/mol. The molecule has 1 aromatic carbocycles. The van der Waals surface area contributed by atoms with Crippen LogP contribution in [0.4, 0.5) is 0 Å². The Kier molecular flexibility index (Phi) is 13.1. The van der Waals surface area contributed by atoms with Crippen LogP contribution < -0.4 is 16.2 Å². The van der Waals surface area contributed by atoms with Gasteiger partial charge in [-0.25, -0.2) is 0 Å². The summed E-state index contributed by atoms with van der Waals surface area (Å²) in [4.78, 5) is 21.9. The summed E-state index contributed by atoms with van der Waals surface area (Å²) in [6.07, 6.45) is 7.09. The van der Waals surface area contributed by atoms with Crippen molar-refractivity contribution in [2.45, 2.75) is 19.8 Å². The molecule has 1 heterocycles. The minimum absolute atomic E-state index is 0. The molecule has 1 radical (unpaired) electrons. The van der Waals surface area contributed by atoms with Crippen molar-refractivity contribution in [1.29, 1.82) is 0 Å². The van der Waals surface area contributed by atoms with Gasteiger partial charge in [0.15, 0.2) is 0 Å². The molecule has 9 nitrogen and oxygen atoms in total. The van der Waals surface area contributed by atoms with Gasteiger partial charge in [0.2, 0.25) is 5.91 Å². The first-order valence-electron chi connectivity index (χ1n) is 10.2. The van der Waals surface area contributed by atoms with Gasteiger partial charge in [-0.3, -0.25) is 25.6 Å². The SMILES string of the molecule is CN=C([S-])N/N=C(\C(C)=N\NC([S-])=NC)c1ccc(CCNC(=O)C2=CN(C)C=CC2)cc1.[64Cu+2]. The van der Waals surface area contributed by atoms with Crippen LogP contribution >= 0.6 is 0 Å². The van der Waals surface area contributed by atoms with Crippen LogP contribution in [0.1, 0.15) is 24.5 Å². The Bertz CT molecular complexity index is 1020. The first-order chi connectivity index (χ1) is 15.8. The number of carbonyl (C=O) groups excluding carboxylic acids is 1. The maximum atomic E-state index is 12.3. The van der Waals surface area contributed by atoms with Crippen LogP contribution in [0.3, 0.4) is 0 Å². The monoisotopic (exact) mass is 548 g/mol. The quantitative estimate of drug-likeness (QED) is 0.149. The number of carbonyl (C=O) groups is 1. The molecule has 0 unspecified atom stereocenters. The number of nitrogens with one attached hydrogen (secondary N) is 3. The van der Waals surface area contributed by atoms with E-state index >= 15 is 0 Å². The molecule has 0 atom stereocenters. The summed E-state index contributed by atoms with van der Waals surface area (Å²) in [5, 5.41) is 12.1. The van der Waals surface area contributed by atoms with Gasteiger partial charge in [0, 0.05) is 45.0 Å². The van der Waals surface area contributed by atoms with E-state index in [1.54, 1.807) is 21.0 Å². The first kappa shape index (κ1) is 29.2. The Balaban J connectivity index is 0.00000578. The maximum absolute atomic E-state index is 12.3. The van der Waals surface area contributed by atoms with Crippen LogP contribution in [-0.2, 0) is 53.5 Å². The van der Waals surface area contributed by atoms with Gasteiger partial charge in [-0.05, 0) is 41.9 Å². The molecule has 1 aliphatic heterocycles. The van der Waals surface area contributed by atoms with Gasteiger partial charge in [-0.15, -0.1) is 0 Å². The van der Waals surface area contributed by atoms with Gasteiger partial charge in [-0.2, -0.15) is 10.2 Å². The van der Waals surface area contributed by atoms with E-state index in [1.165, 1.54) is 0 Å². The summed E-state index contributed by atoms with van der Waals surface area (Å²) in [7, 11) is 5.07. The molecule has 1 amide bonds. The van der Waals surface area contributed by atoms with Crippen molar-refractivity contribution >= 4 is 52.9 Å². The summed E-state index contributed by atoms with van der Waals surface area (Å²) in [6.45, 7) is 2.34. The van der Waals surface area contributed by atoms with Crippen LogP contribution in [0.25, 0.3) is 0 Å². The Morgan fingerprint density at radius 1 is 1.06 bits per heavy atom. The van der Waals surface area contributed by atoms with E-state index in [0.29, 0.717) is 30.8 Å². The zero-order valence-corrected chi connectivity index (χ0v) is 22.0. The van der Waals surface area contributed by atoms with Crippen LogP contribution in [0.15, 0.2) is 68.5 Å². The van der Waals surface area contributed by atoms with Gasteiger partial charge >= 0.3 is 17.1 Å². The van der Waals surface area contributed by atoms with E-state index in [2.05, 4.69) is 36.4 Å². The molecule has 1 aliphatic rings. The van der Waals surface area contributed by atoms with Gasteiger partial charge in [0.1, 0.15) is 5.71 Å². The molecule has 2 rings (SSSR count). The number of aliphatic imine (C=N–C) groups is 2. The molecule has 0 aromatic heterocycles. The minimum atomic E-state index is -0.0447. The second-order valence-corrected chi connectivity index (χ2v) is 7.82.